The maximum absolute atomic E-state index is 11.4. The van der Waals surface area contributed by atoms with Crippen molar-refractivity contribution >= 4 is 12.4 Å². The summed E-state index contributed by atoms with van der Waals surface area (Å²) in [6, 6.07) is -0.416. The molecule has 0 saturated carbocycles. The van der Waals surface area contributed by atoms with E-state index < -0.39 is 12.1 Å². The van der Waals surface area contributed by atoms with Crippen molar-refractivity contribution in [2.24, 2.45) is 5.92 Å². The fourth-order valence-electron chi connectivity index (χ4n) is 1.10. The van der Waals surface area contributed by atoms with Gasteiger partial charge in [0.15, 0.2) is 0 Å². The number of carbonyl (C=O) groups is 2. The van der Waals surface area contributed by atoms with Crippen LogP contribution in [-0.4, -0.2) is 36.5 Å². The van der Waals surface area contributed by atoms with Gasteiger partial charge in [-0.05, 0) is 19.8 Å². The molecule has 0 heterocycles. The molecule has 0 spiro atoms. The molecule has 1 amide bonds. The zero-order valence-electron chi connectivity index (χ0n) is 9.48. The third-order valence-corrected chi connectivity index (χ3v) is 1.89. The van der Waals surface area contributed by atoms with Gasteiger partial charge >= 0.3 is 6.09 Å². The van der Waals surface area contributed by atoms with Crippen LogP contribution in [0.25, 0.3) is 0 Å². The molecule has 1 atom stereocenters. The van der Waals surface area contributed by atoms with Crippen LogP contribution in [-0.2, 0) is 9.53 Å². The predicted molar refractivity (Wildman–Crippen MR) is 54.1 cm³/mol. The monoisotopic (exact) mass is 201 g/mol. The third-order valence-electron chi connectivity index (χ3n) is 1.89. The number of amides is 1. The summed E-state index contributed by atoms with van der Waals surface area (Å²) in [5.41, 5.74) is 0. The lowest BCUT2D eigenvalue weighted by Gasteiger charge is -2.26. The second kappa shape index (κ2) is 5.62. The van der Waals surface area contributed by atoms with Gasteiger partial charge in [0, 0.05) is 7.05 Å². The summed E-state index contributed by atoms with van der Waals surface area (Å²) in [5, 5.41) is 0. The molecule has 0 bridgehead atoms. The van der Waals surface area contributed by atoms with E-state index in [1.54, 1.807) is 20.9 Å². The van der Waals surface area contributed by atoms with Gasteiger partial charge in [0.2, 0.25) is 0 Å². The summed E-state index contributed by atoms with van der Waals surface area (Å²) < 4.78 is 4.97. The van der Waals surface area contributed by atoms with Gasteiger partial charge in [-0.3, -0.25) is 0 Å². The fraction of sp³-hybridized carbons (Fsp3) is 0.800. The molecule has 14 heavy (non-hydrogen) atoms. The second-order valence-electron chi connectivity index (χ2n) is 3.91. The predicted octanol–water partition coefficient (Wildman–Crippen LogP) is 1.69. The van der Waals surface area contributed by atoms with Crippen LogP contribution in [0.4, 0.5) is 4.79 Å². The first kappa shape index (κ1) is 12.9. The van der Waals surface area contributed by atoms with Crippen molar-refractivity contribution in [1.29, 1.82) is 0 Å². The van der Waals surface area contributed by atoms with Crippen LogP contribution in [0.5, 0.6) is 0 Å². The summed E-state index contributed by atoms with van der Waals surface area (Å²) in [7, 11) is 1.57. The molecule has 0 rings (SSSR count). The maximum atomic E-state index is 11.4. The molecule has 0 unspecified atom stereocenters. The summed E-state index contributed by atoms with van der Waals surface area (Å²) in [5.74, 6) is 0.0946. The van der Waals surface area contributed by atoms with Gasteiger partial charge in [0.05, 0.1) is 12.1 Å². The van der Waals surface area contributed by atoms with Crippen LogP contribution in [0.3, 0.4) is 0 Å². The van der Waals surface area contributed by atoms with Crippen molar-refractivity contribution in [2.75, 3.05) is 7.05 Å². The third kappa shape index (κ3) is 3.77. The summed E-state index contributed by atoms with van der Waals surface area (Å²) in [6.45, 7) is 7.32. The number of carbonyl (C=O) groups excluding carboxylic acids is 2. The standard InChI is InChI=1S/C10H19NO3/c1-7(2)9(6-12)11(5)10(13)14-8(3)4/h6-9H,1-5H3/t9-/m1/s1. The lowest BCUT2D eigenvalue weighted by molar-refractivity contribution is -0.113. The Hall–Kier alpha value is -1.06. The number of rotatable bonds is 4. The Kier molecular flexibility index (Phi) is 5.20. The molecule has 0 aromatic carbocycles. The Bertz CT molecular complexity index is 202. The van der Waals surface area contributed by atoms with Gasteiger partial charge in [0.25, 0.3) is 0 Å². The quantitative estimate of drug-likeness (QED) is 0.650. The zero-order valence-corrected chi connectivity index (χ0v) is 9.48. The minimum Gasteiger partial charge on any atom is -0.447 e. The number of aldehydes is 1. The second-order valence-corrected chi connectivity index (χ2v) is 3.91. The highest BCUT2D eigenvalue weighted by Crippen LogP contribution is 2.08. The number of ether oxygens (including phenoxy) is 1. The van der Waals surface area contributed by atoms with E-state index in [0.29, 0.717) is 0 Å². The van der Waals surface area contributed by atoms with Crippen molar-refractivity contribution in [3.05, 3.63) is 0 Å². The van der Waals surface area contributed by atoms with Gasteiger partial charge in [-0.25, -0.2) is 4.79 Å². The molecule has 4 nitrogen and oxygen atoms in total. The van der Waals surface area contributed by atoms with Gasteiger partial charge in [-0.2, -0.15) is 0 Å². The maximum Gasteiger partial charge on any atom is 0.410 e. The first-order valence-electron chi connectivity index (χ1n) is 4.78. The SMILES string of the molecule is CC(C)OC(=O)N(C)[C@H](C=O)C(C)C. The molecule has 0 aromatic rings. The van der Waals surface area contributed by atoms with Crippen molar-refractivity contribution in [1.82, 2.24) is 4.90 Å². The molecule has 82 valence electrons. The Morgan fingerprint density at radius 1 is 1.29 bits per heavy atom. The molecule has 0 radical (unpaired) electrons. The van der Waals surface area contributed by atoms with E-state index in [1.807, 2.05) is 13.8 Å². The lowest BCUT2D eigenvalue weighted by Crippen LogP contribution is -2.42. The Balaban J connectivity index is 4.34. The largest absolute Gasteiger partial charge is 0.447 e. The van der Waals surface area contributed by atoms with Crippen LogP contribution in [0, 0.1) is 5.92 Å². The summed E-state index contributed by atoms with van der Waals surface area (Å²) >= 11 is 0. The van der Waals surface area contributed by atoms with Crippen LogP contribution in [0.15, 0.2) is 0 Å². The van der Waals surface area contributed by atoms with Crippen molar-refractivity contribution in [2.45, 2.75) is 39.8 Å². The highest BCUT2D eigenvalue weighted by Gasteiger charge is 2.23. The van der Waals surface area contributed by atoms with Gasteiger partial charge in [0.1, 0.15) is 6.29 Å². The molecule has 0 fully saturated rings. The number of nitrogens with zero attached hydrogens (tertiary/aromatic N) is 1. The van der Waals surface area contributed by atoms with E-state index in [4.69, 9.17) is 4.74 Å². The number of hydrogen-bond acceptors (Lipinski definition) is 3. The van der Waals surface area contributed by atoms with E-state index in [0.717, 1.165) is 6.29 Å². The van der Waals surface area contributed by atoms with Crippen LogP contribution in [0.2, 0.25) is 0 Å². The Morgan fingerprint density at radius 2 is 1.79 bits per heavy atom. The van der Waals surface area contributed by atoms with Gasteiger partial charge < -0.3 is 14.4 Å². The first-order valence-corrected chi connectivity index (χ1v) is 4.78. The summed E-state index contributed by atoms with van der Waals surface area (Å²) in [4.78, 5) is 23.5. The molecule has 0 N–H and O–H groups in total. The first-order chi connectivity index (χ1) is 6.40. The van der Waals surface area contributed by atoms with Crippen LogP contribution < -0.4 is 0 Å². The smallest absolute Gasteiger partial charge is 0.410 e. The van der Waals surface area contributed by atoms with Crippen LogP contribution >= 0.6 is 0 Å². The van der Waals surface area contributed by atoms with Crippen LogP contribution in [0.1, 0.15) is 27.7 Å². The van der Waals surface area contributed by atoms with E-state index in [9.17, 15) is 9.59 Å². The van der Waals surface area contributed by atoms with E-state index >= 15 is 0 Å². The van der Waals surface area contributed by atoms with E-state index in [1.165, 1.54) is 4.90 Å². The normalized spacial score (nSPS) is 12.8. The van der Waals surface area contributed by atoms with Crippen molar-refractivity contribution in [3.8, 4) is 0 Å². The van der Waals surface area contributed by atoms with Crippen molar-refractivity contribution in [3.63, 3.8) is 0 Å². The molecule has 0 aliphatic carbocycles. The Labute approximate surface area is 85.2 Å². The highest BCUT2D eigenvalue weighted by atomic mass is 16.6. The molecular formula is C10H19NO3. The molecule has 0 aliphatic heterocycles. The minimum absolute atomic E-state index is 0.0946. The topological polar surface area (TPSA) is 46.6 Å². The summed E-state index contributed by atoms with van der Waals surface area (Å²) in [6.07, 6.45) is 0.155. The Morgan fingerprint density at radius 3 is 2.07 bits per heavy atom. The molecule has 0 saturated heterocycles. The minimum atomic E-state index is -0.453. The molecular weight excluding hydrogens is 182 g/mol. The number of hydrogen-bond donors (Lipinski definition) is 0. The molecule has 4 heteroatoms. The molecule has 0 aliphatic rings. The van der Waals surface area contributed by atoms with Gasteiger partial charge in [-0.1, -0.05) is 13.8 Å². The lowest BCUT2D eigenvalue weighted by atomic mass is 10.1. The fourth-order valence-corrected chi connectivity index (χ4v) is 1.10. The van der Waals surface area contributed by atoms with E-state index in [2.05, 4.69) is 0 Å². The van der Waals surface area contributed by atoms with E-state index in [-0.39, 0.29) is 12.0 Å². The van der Waals surface area contributed by atoms with Gasteiger partial charge in [-0.15, -0.1) is 0 Å². The average molecular weight is 201 g/mol. The zero-order chi connectivity index (χ0) is 11.3. The number of likely N-dealkylation sites (N-methyl/N-ethyl adjacent to an activating group) is 1. The van der Waals surface area contributed by atoms with Crippen molar-refractivity contribution < 1.29 is 14.3 Å². The highest BCUT2D eigenvalue weighted by molar-refractivity contribution is 5.73. The average Bonchev–Trinajstić information content (AvgIpc) is 2.03. The molecule has 0 aromatic heterocycles.